The molecule has 18 heavy (non-hydrogen) atoms. The summed E-state index contributed by atoms with van der Waals surface area (Å²) >= 11 is 0. The number of hydrogen-bond acceptors (Lipinski definition) is 3. The zero-order valence-corrected chi connectivity index (χ0v) is 10.3. The average Bonchev–Trinajstić information content (AvgIpc) is 2.93. The summed E-state index contributed by atoms with van der Waals surface area (Å²) in [5, 5.41) is 13.5. The average molecular weight is 245 g/mol. The normalized spacial score (nSPS) is 11.0. The predicted molar refractivity (Wildman–Crippen MR) is 67.4 cm³/mol. The van der Waals surface area contributed by atoms with Crippen LogP contribution in [0, 0.1) is 6.92 Å². The molecule has 2 rings (SSSR count). The number of carbonyl (C=O) groups is 1. The van der Waals surface area contributed by atoms with E-state index in [0.717, 1.165) is 16.8 Å². The van der Waals surface area contributed by atoms with Gasteiger partial charge in [0, 0.05) is 42.7 Å². The molecular weight excluding hydrogens is 230 g/mol. The summed E-state index contributed by atoms with van der Waals surface area (Å²) < 4.78 is 1.69. The summed E-state index contributed by atoms with van der Waals surface area (Å²) in [5.74, 6) is -0.139. The molecule has 2 aromatic heterocycles. The molecule has 2 heterocycles. The number of nitrogens with zero attached hydrogens (tertiary/aromatic N) is 3. The van der Waals surface area contributed by atoms with Gasteiger partial charge in [-0.15, -0.1) is 0 Å². The summed E-state index contributed by atoms with van der Waals surface area (Å²) in [5.41, 5.74) is 2.84. The first kappa shape index (κ1) is 12.1. The lowest BCUT2D eigenvalue weighted by Crippen LogP contribution is -2.20. The van der Waals surface area contributed by atoms with Crippen LogP contribution in [0.1, 0.15) is 16.8 Å². The Morgan fingerprint density at radius 2 is 2.39 bits per heavy atom. The number of hydrogen-bond donors (Lipinski definition) is 2. The van der Waals surface area contributed by atoms with Crippen molar-refractivity contribution in [2.45, 2.75) is 13.5 Å². The van der Waals surface area contributed by atoms with Crippen LogP contribution >= 0.6 is 0 Å². The number of aromatic amines is 1. The van der Waals surface area contributed by atoms with Gasteiger partial charge < -0.3 is 5.32 Å². The fourth-order valence-corrected chi connectivity index (χ4v) is 1.49. The van der Waals surface area contributed by atoms with Gasteiger partial charge in [-0.2, -0.15) is 10.2 Å². The highest BCUT2D eigenvalue weighted by Crippen LogP contribution is 2.02. The zero-order valence-electron chi connectivity index (χ0n) is 10.3. The SMILES string of the molecule is Cc1[nH]ncc1CNC(=O)/C=C/c1cnn(C)c1. The molecule has 0 radical (unpaired) electrons. The molecular formula is C12H15N5O. The molecule has 0 unspecified atom stereocenters. The zero-order chi connectivity index (χ0) is 13.0. The Labute approximate surface area is 105 Å². The molecule has 0 spiro atoms. The first-order valence-corrected chi connectivity index (χ1v) is 5.58. The van der Waals surface area contributed by atoms with Gasteiger partial charge in [0.1, 0.15) is 0 Å². The van der Waals surface area contributed by atoms with E-state index in [1.165, 1.54) is 6.08 Å². The molecule has 0 aliphatic carbocycles. The number of aromatic nitrogens is 4. The minimum Gasteiger partial charge on any atom is -0.348 e. The summed E-state index contributed by atoms with van der Waals surface area (Å²) in [7, 11) is 1.83. The van der Waals surface area contributed by atoms with Crippen LogP contribution in [0.3, 0.4) is 0 Å². The molecule has 0 aliphatic rings. The summed E-state index contributed by atoms with van der Waals surface area (Å²) in [4.78, 5) is 11.6. The third-order valence-electron chi connectivity index (χ3n) is 2.54. The van der Waals surface area contributed by atoms with E-state index < -0.39 is 0 Å². The van der Waals surface area contributed by atoms with E-state index in [9.17, 15) is 4.79 Å². The van der Waals surface area contributed by atoms with Crippen LogP contribution in [-0.2, 0) is 18.4 Å². The van der Waals surface area contributed by atoms with Gasteiger partial charge in [-0.25, -0.2) is 0 Å². The van der Waals surface area contributed by atoms with Crippen molar-refractivity contribution in [2.75, 3.05) is 0 Å². The molecule has 0 saturated heterocycles. The van der Waals surface area contributed by atoms with Crippen LogP contribution in [0.15, 0.2) is 24.7 Å². The van der Waals surface area contributed by atoms with Crippen LogP contribution in [0.25, 0.3) is 6.08 Å². The lowest BCUT2D eigenvalue weighted by Gasteiger charge is -2.00. The number of rotatable bonds is 4. The second kappa shape index (κ2) is 5.31. The molecule has 2 aromatic rings. The maximum absolute atomic E-state index is 11.6. The fraction of sp³-hybridized carbons (Fsp3) is 0.250. The molecule has 0 aromatic carbocycles. The minimum atomic E-state index is -0.139. The van der Waals surface area contributed by atoms with Crippen LogP contribution in [0.5, 0.6) is 0 Å². The Balaban J connectivity index is 1.86. The minimum absolute atomic E-state index is 0.139. The number of nitrogens with one attached hydrogen (secondary N) is 2. The lowest BCUT2D eigenvalue weighted by atomic mass is 10.2. The standard InChI is InChI=1S/C12H15N5O/c1-9-11(7-14-16-9)6-13-12(18)4-3-10-5-15-17(2)8-10/h3-5,7-8H,6H2,1-2H3,(H,13,18)(H,14,16)/b4-3+. The first-order valence-electron chi connectivity index (χ1n) is 5.58. The second-order valence-corrected chi connectivity index (χ2v) is 4.02. The van der Waals surface area contributed by atoms with Crippen LogP contribution in [-0.4, -0.2) is 25.9 Å². The number of amides is 1. The van der Waals surface area contributed by atoms with Gasteiger partial charge in [0.2, 0.25) is 5.91 Å². The molecule has 1 amide bonds. The molecule has 0 aliphatic heterocycles. The van der Waals surface area contributed by atoms with Crippen LogP contribution < -0.4 is 5.32 Å². The predicted octanol–water partition coefficient (Wildman–Crippen LogP) is 0.781. The third-order valence-corrected chi connectivity index (χ3v) is 2.54. The van der Waals surface area contributed by atoms with E-state index in [-0.39, 0.29) is 5.91 Å². The van der Waals surface area contributed by atoms with E-state index in [1.54, 1.807) is 23.2 Å². The lowest BCUT2D eigenvalue weighted by molar-refractivity contribution is -0.116. The van der Waals surface area contributed by atoms with E-state index in [1.807, 2.05) is 20.2 Å². The molecule has 6 nitrogen and oxygen atoms in total. The Bertz CT molecular complexity index is 567. The number of H-pyrrole nitrogens is 1. The Morgan fingerprint density at radius 3 is 3.00 bits per heavy atom. The smallest absolute Gasteiger partial charge is 0.244 e. The Morgan fingerprint density at radius 1 is 1.56 bits per heavy atom. The van der Waals surface area contributed by atoms with Gasteiger partial charge in [-0.05, 0) is 13.0 Å². The maximum atomic E-state index is 11.6. The fourth-order valence-electron chi connectivity index (χ4n) is 1.49. The van der Waals surface area contributed by atoms with E-state index in [0.29, 0.717) is 6.54 Å². The van der Waals surface area contributed by atoms with Crippen molar-refractivity contribution in [1.82, 2.24) is 25.3 Å². The number of aryl methyl sites for hydroxylation is 2. The monoisotopic (exact) mass is 245 g/mol. The summed E-state index contributed by atoms with van der Waals surface area (Å²) in [6.07, 6.45) is 8.46. The van der Waals surface area contributed by atoms with Crippen molar-refractivity contribution in [3.05, 3.63) is 41.5 Å². The number of carbonyl (C=O) groups excluding carboxylic acids is 1. The quantitative estimate of drug-likeness (QED) is 0.782. The topological polar surface area (TPSA) is 75.6 Å². The van der Waals surface area contributed by atoms with Crippen molar-refractivity contribution in [3.8, 4) is 0 Å². The third kappa shape index (κ3) is 3.07. The molecule has 2 N–H and O–H groups in total. The van der Waals surface area contributed by atoms with Crippen LogP contribution in [0.2, 0.25) is 0 Å². The first-order chi connectivity index (χ1) is 8.65. The highest BCUT2D eigenvalue weighted by atomic mass is 16.1. The molecule has 94 valence electrons. The van der Waals surface area contributed by atoms with Gasteiger partial charge in [-0.3, -0.25) is 14.6 Å². The van der Waals surface area contributed by atoms with E-state index in [2.05, 4.69) is 20.6 Å². The molecule has 0 fully saturated rings. The van der Waals surface area contributed by atoms with Crippen LogP contribution in [0.4, 0.5) is 0 Å². The van der Waals surface area contributed by atoms with Crippen molar-refractivity contribution >= 4 is 12.0 Å². The van der Waals surface area contributed by atoms with Gasteiger partial charge in [0.25, 0.3) is 0 Å². The Hall–Kier alpha value is -2.37. The molecule has 0 saturated carbocycles. The van der Waals surface area contributed by atoms with Gasteiger partial charge >= 0.3 is 0 Å². The largest absolute Gasteiger partial charge is 0.348 e. The second-order valence-electron chi connectivity index (χ2n) is 4.02. The summed E-state index contributed by atoms with van der Waals surface area (Å²) in [6, 6.07) is 0. The van der Waals surface area contributed by atoms with Gasteiger partial charge in [-0.1, -0.05) is 0 Å². The Kier molecular flexibility index (Phi) is 3.57. The maximum Gasteiger partial charge on any atom is 0.244 e. The van der Waals surface area contributed by atoms with Crippen molar-refractivity contribution in [3.63, 3.8) is 0 Å². The highest BCUT2D eigenvalue weighted by Gasteiger charge is 2.01. The van der Waals surface area contributed by atoms with Crippen molar-refractivity contribution in [2.24, 2.45) is 7.05 Å². The van der Waals surface area contributed by atoms with Gasteiger partial charge in [0.05, 0.1) is 12.4 Å². The van der Waals surface area contributed by atoms with Crippen molar-refractivity contribution in [1.29, 1.82) is 0 Å². The van der Waals surface area contributed by atoms with E-state index >= 15 is 0 Å². The molecule has 6 heteroatoms. The molecule has 0 atom stereocenters. The van der Waals surface area contributed by atoms with Crippen molar-refractivity contribution < 1.29 is 4.79 Å². The summed E-state index contributed by atoms with van der Waals surface area (Å²) in [6.45, 7) is 2.39. The highest BCUT2D eigenvalue weighted by molar-refractivity contribution is 5.91. The molecule has 0 bridgehead atoms. The van der Waals surface area contributed by atoms with Gasteiger partial charge in [0.15, 0.2) is 0 Å². The van der Waals surface area contributed by atoms with E-state index in [4.69, 9.17) is 0 Å².